The van der Waals surface area contributed by atoms with E-state index in [0.29, 0.717) is 13.0 Å². The van der Waals surface area contributed by atoms with E-state index in [-0.39, 0.29) is 11.8 Å². The Morgan fingerprint density at radius 3 is 3.15 bits per heavy atom. The van der Waals surface area contributed by atoms with Crippen LogP contribution in [0.15, 0.2) is 18.9 Å². The number of amides is 1. The molecule has 1 aliphatic rings. The van der Waals surface area contributed by atoms with Gasteiger partial charge in [-0.1, -0.05) is 10.6 Å². The molecule has 0 radical (unpaired) electrons. The lowest BCUT2D eigenvalue weighted by atomic mass is 10.1. The van der Waals surface area contributed by atoms with Gasteiger partial charge in [0.1, 0.15) is 5.00 Å². The summed E-state index contributed by atoms with van der Waals surface area (Å²) in [4.78, 5) is 13.2. The third kappa shape index (κ3) is 1.47. The molecular formula is C8H9N3OS. The maximum atomic E-state index is 11.5. The fraction of sp³-hybridized carbons (Fsp3) is 0.375. The van der Waals surface area contributed by atoms with Crippen molar-refractivity contribution in [1.82, 2.24) is 9.59 Å². The lowest BCUT2D eigenvalue weighted by Crippen LogP contribution is -2.23. The molecule has 1 aromatic rings. The van der Waals surface area contributed by atoms with Crippen molar-refractivity contribution in [2.45, 2.75) is 6.42 Å². The Hall–Kier alpha value is -1.23. The minimum Gasteiger partial charge on any atom is -0.301 e. The zero-order chi connectivity index (χ0) is 9.26. The van der Waals surface area contributed by atoms with Crippen LogP contribution in [0.4, 0.5) is 5.00 Å². The van der Waals surface area contributed by atoms with Crippen LogP contribution in [-0.2, 0) is 4.79 Å². The van der Waals surface area contributed by atoms with Crippen LogP contribution < -0.4 is 4.90 Å². The zero-order valence-electron chi connectivity index (χ0n) is 7.01. The molecule has 0 spiro atoms. The molecule has 0 aliphatic carbocycles. The summed E-state index contributed by atoms with van der Waals surface area (Å²) in [5, 5.41) is 4.53. The quantitative estimate of drug-likeness (QED) is 0.663. The van der Waals surface area contributed by atoms with Crippen molar-refractivity contribution in [1.29, 1.82) is 0 Å². The lowest BCUT2D eigenvalue weighted by molar-refractivity contribution is -0.117. The number of carbonyl (C=O) groups excluding carboxylic acids is 1. The molecule has 1 aromatic heterocycles. The molecule has 0 N–H and O–H groups in total. The van der Waals surface area contributed by atoms with E-state index in [1.165, 1.54) is 11.5 Å². The summed E-state index contributed by atoms with van der Waals surface area (Å²) in [7, 11) is 0. The predicted octanol–water partition coefficient (Wildman–Crippen LogP) is 1.08. The molecule has 1 atom stereocenters. The fourth-order valence-electron chi connectivity index (χ4n) is 1.39. The van der Waals surface area contributed by atoms with Gasteiger partial charge in [0, 0.05) is 30.4 Å². The van der Waals surface area contributed by atoms with Crippen LogP contribution in [0.5, 0.6) is 0 Å². The maximum Gasteiger partial charge on any atom is 0.228 e. The number of anilines is 1. The van der Waals surface area contributed by atoms with Crippen molar-refractivity contribution in [3.8, 4) is 0 Å². The number of carbonyl (C=O) groups is 1. The summed E-state index contributed by atoms with van der Waals surface area (Å²) in [5.74, 6) is 0.408. The minimum absolute atomic E-state index is 0.135. The van der Waals surface area contributed by atoms with Crippen LogP contribution >= 0.6 is 11.5 Å². The summed E-state index contributed by atoms with van der Waals surface area (Å²) in [5.41, 5.74) is 0. The normalized spacial score (nSPS) is 22.3. The van der Waals surface area contributed by atoms with E-state index < -0.39 is 0 Å². The van der Waals surface area contributed by atoms with Crippen LogP contribution in [-0.4, -0.2) is 22.0 Å². The highest BCUT2D eigenvalue weighted by molar-refractivity contribution is 7.10. The standard InChI is InChI=1S/C8H9N3OS/c1-2-6-3-7(12)11(5-6)8-4-9-10-13-8/h2,4,6H,1,3,5H2. The first-order chi connectivity index (χ1) is 6.31. The van der Waals surface area contributed by atoms with E-state index in [1.807, 2.05) is 6.08 Å². The maximum absolute atomic E-state index is 11.5. The van der Waals surface area contributed by atoms with Gasteiger partial charge in [-0.15, -0.1) is 11.7 Å². The van der Waals surface area contributed by atoms with Crippen molar-refractivity contribution >= 4 is 22.4 Å². The largest absolute Gasteiger partial charge is 0.301 e. The molecule has 1 fully saturated rings. The Kier molecular flexibility index (Phi) is 2.10. The average Bonchev–Trinajstić information content (AvgIpc) is 2.72. The highest BCUT2D eigenvalue weighted by Crippen LogP contribution is 2.26. The van der Waals surface area contributed by atoms with Crippen molar-refractivity contribution in [3.05, 3.63) is 18.9 Å². The Balaban J connectivity index is 2.18. The van der Waals surface area contributed by atoms with Gasteiger partial charge in [0.15, 0.2) is 0 Å². The molecule has 4 nitrogen and oxygen atoms in total. The molecule has 1 aliphatic heterocycles. The second-order valence-electron chi connectivity index (χ2n) is 2.96. The zero-order valence-corrected chi connectivity index (χ0v) is 7.83. The Morgan fingerprint density at radius 2 is 2.62 bits per heavy atom. The number of hydrogen-bond acceptors (Lipinski definition) is 4. The number of nitrogens with zero attached hydrogens (tertiary/aromatic N) is 3. The van der Waals surface area contributed by atoms with Crippen molar-refractivity contribution in [2.24, 2.45) is 5.92 Å². The van der Waals surface area contributed by atoms with Crippen LogP contribution in [0.3, 0.4) is 0 Å². The molecule has 1 unspecified atom stereocenters. The summed E-state index contributed by atoms with van der Waals surface area (Å²) in [6, 6.07) is 0. The van der Waals surface area contributed by atoms with Crippen LogP contribution in [0, 0.1) is 5.92 Å². The molecule has 1 saturated heterocycles. The van der Waals surface area contributed by atoms with E-state index in [4.69, 9.17) is 0 Å². The molecule has 0 aromatic carbocycles. The molecule has 68 valence electrons. The SMILES string of the molecule is C=CC1CC(=O)N(c2cnns2)C1. The molecule has 1 amide bonds. The first kappa shape index (κ1) is 8.37. The minimum atomic E-state index is 0.135. The van der Waals surface area contributed by atoms with E-state index in [1.54, 1.807) is 11.1 Å². The van der Waals surface area contributed by atoms with E-state index in [2.05, 4.69) is 16.2 Å². The van der Waals surface area contributed by atoms with Gasteiger partial charge in [0.25, 0.3) is 0 Å². The molecule has 13 heavy (non-hydrogen) atoms. The first-order valence-corrected chi connectivity index (χ1v) is 4.79. The highest BCUT2D eigenvalue weighted by atomic mass is 32.1. The van der Waals surface area contributed by atoms with E-state index in [0.717, 1.165) is 5.00 Å². The summed E-state index contributed by atoms with van der Waals surface area (Å²) in [6.45, 7) is 4.40. The Morgan fingerprint density at radius 1 is 1.77 bits per heavy atom. The van der Waals surface area contributed by atoms with E-state index >= 15 is 0 Å². The van der Waals surface area contributed by atoms with Gasteiger partial charge in [-0.05, 0) is 0 Å². The van der Waals surface area contributed by atoms with Crippen molar-refractivity contribution in [2.75, 3.05) is 11.4 Å². The summed E-state index contributed by atoms with van der Waals surface area (Å²) in [6.07, 6.45) is 4.00. The molecule has 5 heteroatoms. The number of hydrogen-bond donors (Lipinski definition) is 0. The third-order valence-electron chi connectivity index (χ3n) is 2.10. The fourth-order valence-corrected chi connectivity index (χ4v) is 1.93. The van der Waals surface area contributed by atoms with Gasteiger partial charge < -0.3 is 4.90 Å². The predicted molar refractivity (Wildman–Crippen MR) is 50.6 cm³/mol. The van der Waals surface area contributed by atoms with E-state index in [9.17, 15) is 4.79 Å². The molecular weight excluding hydrogens is 186 g/mol. The van der Waals surface area contributed by atoms with Crippen LogP contribution in [0.2, 0.25) is 0 Å². The van der Waals surface area contributed by atoms with Crippen LogP contribution in [0.1, 0.15) is 6.42 Å². The third-order valence-corrected chi connectivity index (χ3v) is 2.79. The van der Waals surface area contributed by atoms with Gasteiger partial charge in [-0.3, -0.25) is 4.79 Å². The van der Waals surface area contributed by atoms with Gasteiger partial charge in [-0.25, -0.2) is 0 Å². The molecule has 2 heterocycles. The molecule has 0 saturated carbocycles. The Bertz CT molecular complexity index is 322. The average molecular weight is 195 g/mol. The van der Waals surface area contributed by atoms with Crippen molar-refractivity contribution < 1.29 is 4.79 Å². The van der Waals surface area contributed by atoms with Gasteiger partial charge in [0.05, 0.1) is 6.20 Å². The first-order valence-electron chi connectivity index (χ1n) is 4.01. The van der Waals surface area contributed by atoms with Gasteiger partial charge >= 0.3 is 0 Å². The number of aromatic nitrogens is 2. The smallest absolute Gasteiger partial charge is 0.228 e. The van der Waals surface area contributed by atoms with Crippen LogP contribution in [0.25, 0.3) is 0 Å². The topological polar surface area (TPSA) is 46.1 Å². The summed E-state index contributed by atoms with van der Waals surface area (Å²) >= 11 is 1.25. The highest BCUT2D eigenvalue weighted by Gasteiger charge is 2.29. The van der Waals surface area contributed by atoms with Gasteiger partial charge in [0.2, 0.25) is 5.91 Å². The lowest BCUT2D eigenvalue weighted by Gasteiger charge is -2.10. The number of rotatable bonds is 2. The second-order valence-corrected chi connectivity index (χ2v) is 3.72. The Labute approximate surface area is 80.0 Å². The van der Waals surface area contributed by atoms with Gasteiger partial charge in [-0.2, -0.15) is 0 Å². The summed E-state index contributed by atoms with van der Waals surface area (Å²) < 4.78 is 3.72. The van der Waals surface area contributed by atoms with Crippen molar-refractivity contribution in [3.63, 3.8) is 0 Å². The monoisotopic (exact) mass is 195 g/mol. The molecule has 2 rings (SSSR count). The second kappa shape index (κ2) is 3.26. The molecule has 0 bridgehead atoms.